The van der Waals surface area contributed by atoms with Crippen LogP contribution in [-0.4, -0.2) is 36.9 Å². The maximum atomic E-state index is 13.7. The lowest BCUT2D eigenvalue weighted by Crippen LogP contribution is -2.65. The average molecular weight is 488 g/mol. The zero-order valence-electron chi connectivity index (χ0n) is 20.5. The minimum Gasteiger partial charge on any atom is -0.399 e. The molecule has 2 atom stereocenters. The minimum absolute atomic E-state index is 0.0314. The van der Waals surface area contributed by atoms with Crippen LogP contribution >= 0.6 is 11.3 Å². The minimum atomic E-state index is -0.638. The van der Waals surface area contributed by atoms with Crippen molar-refractivity contribution in [2.24, 2.45) is 11.8 Å². The molecule has 5 rings (SSSR count). The Morgan fingerprint density at radius 3 is 2.49 bits per heavy atom. The molecule has 3 aromatic rings. The van der Waals surface area contributed by atoms with E-state index in [4.69, 9.17) is 11.1 Å². The smallest absolute Gasteiger partial charge is 0.235 e. The first kappa shape index (κ1) is 23.4. The van der Waals surface area contributed by atoms with Crippen molar-refractivity contribution < 1.29 is 4.79 Å². The number of thiophene rings is 1. The molecule has 2 aliphatic heterocycles. The zero-order valence-corrected chi connectivity index (χ0v) is 21.4. The summed E-state index contributed by atoms with van der Waals surface area (Å²) in [6, 6.07) is 18.7. The van der Waals surface area contributed by atoms with Gasteiger partial charge >= 0.3 is 0 Å². The molecule has 182 valence electrons. The first-order valence-electron chi connectivity index (χ1n) is 12.2. The number of aryl methyl sites for hydroxylation is 1. The molecule has 7 heteroatoms. The number of nitrogens with two attached hydrogens (primary N) is 1. The summed E-state index contributed by atoms with van der Waals surface area (Å²) < 4.78 is 0. The Labute approximate surface area is 211 Å². The lowest BCUT2D eigenvalue weighted by Gasteiger charge is -2.49. The van der Waals surface area contributed by atoms with Crippen LogP contribution in [0.15, 0.2) is 60.0 Å². The molecular formula is C28H33N5OS. The normalized spacial score (nSPS) is 23.5. The van der Waals surface area contributed by atoms with Gasteiger partial charge in [0.05, 0.1) is 11.5 Å². The first-order valence-corrected chi connectivity index (χ1v) is 13.0. The van der Waals surface area contributed by atoms with Gasteiger partial charge in [-0.25, -0.2) is 0 Å². The van der Waals surface area contributed by atoms with Crippen LogP contribution in [0, 0.1) is 24.2 Å². The fourth-order valence-corrected chi connectivity index (χ4v) is 6.66. The van der Waals surface area contributed by atoms with Gasteiger partial charge in [-0.2, -0.15) is 0 Å². The van der Waals surface area contributed by atoms with Crippen molar-refractivity contribution in [3.63, 3.8) is 0 Å². The number of rotatable bonds is 4. The summed E-state index contributed by atoms with van der Waals surface area (Å²) >= 11 is 1.65. The molecule has 2 fully saturated rings. The summed E-state index contributed by atoms with van der Waals surface area (Å²) in [5.41, 5.74) is 10.8. The molecule has 0 saturated carbocycles. The summed E-state index contributed by atoms with van der Waals surface area (Å²) in [6.07, 6.45) is 1.88. The molecule has 0 unspecified atom stereocenters. The van der Waals surface area contributed by atoms with Crippen molar-refractivity contribution >= 4 is 34.6 Å². The molecule has 4 N–H and O–H groups in total. The Hall–Kier alpha value is -3.32. The number of nitrogens with zero attached hydrogens (tertiary/aromatic N) is 2. The van der Waals surface area contributed by atoms with Crippen LogP contribution in [0.2, 0.25) is 0 Å². The predicted molar refractivity (Wildman–Crippen MR) is 145 cm³/mol. The van der Waals surface area contributed by atoms with E-state index in [0.717, 1.165) is 47.6 Å². The highest BCUT2D eigenvalue weighted by molar-refractivity contribution is 7.10. The number of nitrogen functional groups attached to an aromatic ring is 1. The Bertz CT molecular complexity index is 1240. The molecule has 0 radical (unpaired) electrons. The van der Waals surface area contributed by atoms with E-state index in [-0.39, 0.29) is 23.7 Å². The molecule has 35 heavy (non-hydrogen) atoms. The third kappa shape index (κ3) is 4.29. The van der Waals surface area contributed by atoms with Gasteiger partial charge in [0, 0.05) is 36.4 Å². The molecule has 3 heterocycles. The maximum absolute atomic E-state index is 13.7. The molecule has 1 amide bonds. The van der Waals surface area contributed by atoms with Gasteiger partial charge in [-0.3, -0.25) is 15.1 Å². The number of nitrogens with one attached hydrogen (secondary N) is 2. The molecular weight excluding hydrogens is 454 g/mol. The topological polar surface area (TPSA) is 85.5 Å². The Morgan fingerprint density at radius 2 is 1.80 bits per heavy atom. The van der Waals surface area contributed by atoms with E-state index in [2.05, 4.69) is 65.8 Å². The van der Waals surface area contributed by atoms with E-state index in [1.165, 1.54) is 16.2 Å². The Morgan fingerprint density at radius 1 is 1.09 bits per heavy atom. The zero-order chi connectivity index (χ0) is 24.7. The highest BCUT2D eigenvalue weighted by Gasteiger charge is 2.52. The summed E-state index contributed by atoms with van der Waals surface area (Å²) in [6.45, 7) is 6.05. The largest absolute Gasteiger partial charge is 0.399 e. The summed E-state index contributed by atoms with van der Waals surface area (Å²) in [7, 11) is 1.71. The average Bonchev–Trinajstić information content (AvgIpc) is 3.35. The van der Waals surface area contributed by atoms with Crippen LogP contribution in [0.4, 0.5) is 11.4 Å². The van der Waals surface area contributed by atoms with Crippen LogP contribution in [0.3, 0.4) is 0 Å². The second-order valence-electron chi connectivity index (χ2n) is 10.0. The number of anilines is 2. The Kier molecular flexibility index (Phi) is 6.05. The molecule has 2 aromatic carbocycles. The lowest BCUT2D eigenvalue weighted by atomic mass is 9.70. The van der Waals surface area contributed by atoms with Gasteiger partial charge in [0.1, 0.15) is 0 Å². The number of hydrogen-bond donors (Lipinski definition) is 3. The maximum Gasteiger partial charge on any atom is 0.235 e. The van der Waals surface area contributed by atoms with Crippen molar-refractivity contribution in [2.75, 3.05) is 30.8 Å². The highest BCUT2D eigenvalue weighted by Crippen LogP contribution is 2.45. The standard InChI is InChI=1S/C28H33N5OS/c1-18-7-9-23(10-8-18)33-13-11-19(12-14-33)25-26(34)32(3)27(30)31-28(25,2)24-16-21(17-35-24)20-5-4-6-22(29)15-20/h4-10,15-17,19,25H,11-14,29H2,1-3H3,(H2,30,31)/t25-,28+/m0/s1. The number of guanidine groups is 1. The number of piperidine rings is 1. The van der Waals surface area contributed by atoms with Gasteiger partial charge < -0.3 is 16.0 Å². The summed E-state index contributed by atoms with van der Waals surface area (Å²) in [4.78, 5) is 18.6. The summed E-state index contributed by atoms with van der Waals surface area (Å²) in [5.74, 6) is 0.179. The van der Waals surface area contributed by atoms with Gasteiger partial charge in [-0.15, -0.1) is 11.3 Å². The van der Waals surface area contributed by atoms with Crippen LogP contribution in [-0.2, 0) is 10.3 Å². The Balaban J connectivity index is 1.43. The quantitative estimate of drug-likeness (QED) is 0.450. The van der Waals surface area contributed by atoms with Gasteiger partial charge in [0.25, 0.3) is 0 Å². The van der Waals surface area contributed by atoms with Crippen LogP contribution in [0.5, 0.6) is 0 Å². The van der Waals surface area contributed by atoms with E-state index in [1.54, 1.807) is 18.4 Å². The number of hydrogen-bond acceptors (Lipinski definition) is 5. The molecule has 1 aromatic heterocycles. The highest BCUT2D eigenvalue weighted by atomic mass is 32.1. The lowest BCUT2D eigenvalue weighted by molar-refractivity contribution is -0.138. The predicted octanol–water partition coefficient (Wildman–Crippen LogP) is 5.05. The molecule has 0 aliphatic carbocycles. The van der Waals surface area contributed by atoms with Gasteiger partial charge in [-0.1, -0.05) is 29.8 Å². The second-order valence-corrected chi connectivity index (χ2v) is 10.9. The number of benzene rings is 2. The third-order valence-corrected chi connectivity index (χ3v) is 8.84. The van der Waals surface area contributed by atoms with E-state index >= 15 is 0 Å². The van der Waals surface area contributed by atoms with Crippen molar-refractivity contribution in [3.05, 3.63) is 70.4 Å². The fraction of sp³-hybridized carbons (Fsp3) is 0.357. The third-order valence-electron chi connectivity index (χ3n) is 7.67. The van der Waals surface area contributed by atoms with E-state index in [9.17, 15) is 4.79 Å². The number of carbonyl (C=O) groups is 1. The van der Waals surface area contributed by atoms with Gasteiger partial charge in [0.15, 0.2) is 5.96 Å². The van der Waals surface area contributed by atoms with Crippen LogP contribution in [0.25, 0.3) is 11.1 Å². The van der Waals surface area contributed by atoms with E-state index < -0.39 is 5.54 Å². The molecule has 0 spiro atoms. The molecule has 0 bridgehead atoms. The fourth-order valence-electron chi connectivity index (χ4n) is 5.59. The summed E-state index contributed by atoms with van der Waals surface area (Å²) in [5, 5.41) is 14.0. The monoisotopic (exact) mass is 487 g/mol. The van der Waals surface area contributed by atoms with Crippen molar-refractivity contribution in [3.8, 4) is 11.1 Å². The number of amides is 1. The van der Waals surface area contributed by atoms with Crippen molar-refractivity contribution in [1.82, 2.24) is 10.2 Å². The van der Waals surface area contributed by atoms with E-state index in [0.29, 0.717) is 0 Å². The van der Waals surface area contributed by atoms with Gasteiger partial charge in [0.2, 0.25) is 5.91 Å². The van der Waals surface area contributed by atoms with Crippen LogP contribution < -0.4 is 16.0 Å². The molecule has 6 nitrogen and oxygen atoms in total. The van der Waals surface area contributed by atoms with Crippen molar-refractivity contribution in [2.45, 2.75) is 32.2 Å². The van der Waals surface area contributed by atoms with Crippen molar-refractivity contribution in [1.29, 1.82) is 5.41 Å². The van der Waals surface area contributed by atoms with Gasteiger partial charge in [-0.05, 0) is 79.4 Å². The first-order chi connectivity index (χ1) is 16.8. The number of carbonyl (C=O) groups excluding carboxylic acids is 1. The second kappa shape index (κ2) is 9.04. The SMILES string of the molecule is Cc1ccc(N2CCC([C@H]3C(=O)N(C)C(=N)N[C@]3(C)c3cc(-c4cccc(N)c4)cs3)CC2)cc1. The molecule has 2 saturated heterocycles. The molecule has 2 aliphatic rings. The van der Waals surface area contributed by atoms with Crippen LogP contribution in [0.1, 0.15) is 30.2 Å². The van der Waals surface area contributed by atoms with E-state index in [1.807, 2.05) is 18.2 Å².